The van der Waals surface area contributed by atoms with E-state index in [9.17, 15) is 0 Å². The Bertz CT molecular complexity index is 579. The summed E-state index contributed by atoms with van der Waals surface area (Å²) in [6.07, 6.45) is 1.28. The van der Waals surface area contributed by atoms with E-state index < -0.39 is 0 Å². The van der Waals surface area contributed by atoms with Crippen LogP contribution in [-0.4, -0.2) is 16.4 Å². The molecule has 2 rings (SSSR count). The number of aromatic nitrogens is 1. The van der Waals surface area contributed by atoms with Crippen LogP contribution in [0.25, 0.3) is 10.9 Å². The van der Waals surface area contributed by atoms with E-state index in [0.717, 1.165) is 10.9 Å². The zero-order chi connectivity index (χ0) is 11.7. The highest BCUT2D eigenvalue weighted by molar-refractivity contribution is 6.32. The number of aryl methyl sites for hydroxylation is 2. The van der Waals surface area contributed by atoms with Crippen molar-refractivity contribution in [3.05, 3.63) is 40.0 Å². The Morgan fingerprint density at radius 3 is 2.62 bits per heavy atom. The number of rotatable bonds is 1. The molecule has 0 fully saturated rings. The lowest BCUT2D eigenvalue weighted by Gasteiger charge is -2.05. The highest BCUT2D eigenvalue weighted by Gasteiger charge is 2.05. The summed E-state index contributed by atoms with van der Waals surface area (Å²) in [6, 6.07) is 5.90. The lowest BCUT2D eigenvalue weighted by Crippen LogP contribution is -1.91. The van der Waals surface area contributed by atoms with Gasteiger partial charge in [-0.15, -0.1) is 0 Å². The fourth-order valence-electron chi connectivity index (χ4n) is 1.59. The van der Waals surface area contributed by atoms with Gasteiger partial charge in [-0.2, -0.15) is 0 Å². The first-order valence-corrected chi connectivity index (χ1v) is 5.24. The summed E-state index contributed by atoms with van der Waals surface area (Å²) in [5, 5.41) is 12.8. The van der Waals surface area contributed by atoms with Gasteiger partial charge in [0.2, 0.25) is 0 Å². The van der Waals surface area contributed by atoms with E-state index in [1.165, 1.54) is 17.3 Å². The summed E-state index contributed by atoms with van der Waals surface area (Å²) in [5.41, 5.74) is 3.84. The molecule has 1 N–H and O–H groups in total. The van der Waals surface area contributed by atoms with Gasteiger partial charge in [0.05, 0.1) is 11.7 Å². The van der Waals surface area contributed by atoms with Crippen LogP contribution < -0.4 is 0 Å². The minimum atomic E-state index is 0.341. The number of halogens is 1. The molecule has 0 bridgehead atoms. The summed E-state index contributed by atoms with van der Waals surface area (Å²) in [7, 11) is 0. The van der Waals surface area contributed by atoms with Crippen molar-refractivity contribution in [3.8, 4) is 0 Å². The molecule has 0 atom stereocenters. The van der Waals surface area contributed by atoms with Crippen LogP contribution in [0.3, 0.4) is 0 Å². The molecule has 0 saturated carbocycles. The van der Waals surface area contributed by atoms with Crippen molar-refractivity contribution in [1.29, 1.82) is 0 Å². The Morgan fingerprint density at radius 2 is 1.94 bits per heavy atom. The molecule has 0 amide bonds. The molecule has 82 valence electrons. The number of oxime groups is 1. The highest BCUT2D eigenvalue weighted by atomic mass is 35.5. The van der Waals surface area contributed by atoms with Crippen molar-refractivity contribution in [3.63, 3.8) is 0 Å². The number of hydrogen-bond acceptors (Lipinski definition) is 3. The van der Waals surface area contributed by atoms with Gasteiger partial charge < -0.3 is 5.21 Å². The van der Waals surface area contributed by atoms with Crippen LogP contribution in [-0.2, 0) is 0 Å². The Balaban J connectivity index is 2.74. The van der Waals surface area contributed by atoms with Crippen molar-refractivity contribution in [2.45, 2.75) is 13.8 Å². The van der Waals surface area contributed by atoms with Crippen molar-refractivity contribution < 1.29 is 5.21 Å². The first kappa shape index (κ1) is 10.9. The van der Waals surface area contributed by atoms with E-state index in [-0.39, 0.29) is 0 Å². The lowest BCUT2D eigenvalue weighted by molar-refractivity contribution is 0.322. The standard InChI is InChI=1S/C12H11ClN2O/c1-7-3-9-5-10(6-14-16)12(13)15-11(9)4-8(7)2/h3-6,16H,1-2H3. The summed E-state index contributed by atoms with van der Waals surface area (Å²) in [4.78, 5) is 4.26. The first-order chi connectivity index (χ1) is 7.61. The lowest BCUT2D eigenvalue weighted by atomic mass is 10.1. The Morgan fingerprint density at radius 1 is 1.25 bits per heavy atom. The minimum absolute atomic E-state index is 0.341. The maximum absolute atomic E-state index is 8.50. The smallest absolute Gasteiger partial charge is 0.138 e. The zero-order valence-electron chi connectivity index (χ0n) is 9.03. The quantitative estimate of drug-likeness (QED) is 0.356. The number of fused-ring (bicyclic) bond motifs is 1. The van der Waals surface area contributed by atoms with Gasteiger partial charge >= 0.3 is 0 Å². The van der Waals surface area contributed by atoms with Crippen LogP contribution in [0.4, 0.5) is 0 Å². The molecule has 4 heteroatoms. The summed E-state index contributed by atoms with van der Waals surface area (Å²) < 4.78 is 0. The predicted molar refractivity (Wildman–Crippen MR) is 65.6 cm³/mol. The summed E-state index contributed by atoms with van der Waals surface area (Å²) in [5.74, 6) is 0. The molecule has 2 aromatic rings. The first-order valence-electron chi connectivity index (χ1n) is 4.87. The molecule has 0 aliphatic carbocycles. The molecular formula is C12H11ClN2O. The monoisotopic (exact) mass is 234 g/mol. The summed E-state index contributed by atoms with van der Waals surface area (Å²) in [6.45, 7) is 4.08. The Hall–Kier alpha value is -1.61. The third-order valence-electron chi connectivity index (χ3n) is 2.61. The summed E-state index contributed by atoms with van der Waals surface area (Å²) >= 11 is 5.96. The van der Waals surface area contributed by atoms with Gasteiger partial charge in [-0.25, -0.2) is 4.98 Å². The molecule has 16 heavy (non-hydrogen) atoms. The van der Waals surface area contributed by atoms with Gasteiger partial charge in [-0.1, -0.05) is 16.8 Å². The number of nitrogens with zero attached hydrogens (tertiary/aromatic N) is 2. The Labute approximate surface area is 98.4 Å². The van der Waals surface area contributed by atoms with Crippen LogP contribution in [0, 0.1) is 13.8 Å². The molecule has 0 aliphatic rings. The average Bonchev–Trinajstić information content (AvgIpc) is 2.23. The molecule has 1 aromatic heterocycles. The normalized spacial score (nSPS) is 11.4. The molecule has 0 saturated heterocycles. The Kier molecular flexibility index (Phi) is 2.79. The second-order valence-electron chi connectivity index (χ2n) is 3.74. The number of benzene rings is 1. The van der Waals surface area contributed by atoms with Gasteiger partial charge in [0, 0.05) is 10.9 Å². The molecule has 0 unspecified atom stereocenters. The topological polar surface area (TPSA) is 45.5 Å². The van der Waals surface area contributed by atoms with Gasteiger partial charge in [-0.3, -0.25) is 0 Å². The fourth-order valence-corrected chi connectivity index (χ4v) is 1.78. The maximum Gasteiger partial charge on any atom is 0.138 e. The molecule has 1 aromatic carbocycles. The molecule has 0 aliphatic heterocycles. The molecular weight excluding hydrogens is 224 g/mol. The highest BCUT2D eigenvalue weighted by Crippen LogP contribution is 2.22. The van der Waals surface area contributed by atoms with Crippen molar-refractivity contribution in [2.24, 2.45) is 5.16 Å². The van der Waals surface area contributed by atoms with Gasteiger partial charge in [0.25, 0.3) is 0 Å². The van der Waals surface area contributed by atoms with Gasteiger partial charge in [-0.05, 0) is 43.2 Å². The number of hydrogen-bond donors (Lipinski definition) is 1. The van der Waals surface area contributed by atoms with E-state index in [4.69, 9.17) is 16.8 Å². The zero-order valence-corrected chi connectivity index (χ0v) is 9.78. The second kappa shape index (κ2) is 4.10. The van der Waals surface area contributed by atoms with Crippen LogP contribution >= 0.6 is 11.6 Å². The largest absolute Gasteiger partial charge is 0.411 e. The third-order valence-corrected chi connectivity index (χ3v) is 2.91. The van der Waals surface area contributed by atoms with E-state index in [1.54, 1.807) is 0 Å². The van der Waals surface area contributed by atoms with E-state index in [0.29, 0.717) is 10.7 Å². The van der Waals surface area contributed by atoms with Crippen molar-refractivity contribution in [1.82, 2.24) is 4.98 Å². The van der Waals surface area contributed by atoms with Crippen molar-refractivity contribution in [2.75, 3.05) is 0 Å². The maximum atomic E-state index is 8.50. The molecule has 1 heterocycles. The van der Waals surface area contributed by atoms with Crippen LogP contribution in [0.5, 0.6) is 0 Å². The fraction of sp³-hybridized carbons (Fsp3) is 0.167. The van der Waals surface area contributed by atoms with Crippen LogP contribution in [0.1, 0.15) is 16.7 Å². The van der Waals surface area contributed by atoms with E-state index in [1.807, 2.05) is 32.0 Å². The van der Waals surface area contributed by atoms with Gasteiger partial charge in [0.15, 0.2) is 0 Å². The van der Waals surface area contributed by atoms with Crippen molar-refractivity contribution >= 4 is 28.7 Å². The van der Waals surface area contributed by atoms with Crippen LogP contribution in [0.2, 0.25) is 5.15 Å². The average molecular weight is 235 g/mol. The molecule has 0 spiro atoms. The van der Waals surface area contributed by atoms with Crippen LogP contribution in [0.15, 0.2) is 23.4 Å². The SMILES string of the molecule is Cc1cc2cc(C=NO)c(Cl)nc2cc1C. The molecule has 3 nitrogen and oxygen atoms in total. The second-order valence-corrected chi connectivity index (χ2v) is 4.10. The van der Waals surface area contributed by atoms with E-state index >= 15 is 0 Å². The number of pyridine rings is 1. The third kappa shape index (κ3) is 1.86. The van der Waals surface area contributed by atoms with E-state index in [2.05, 4.69) is 10.1 Å². The van der Waals surface area contributed by atoms with Gasteiger partial charge in [0.1, 0.15) is 5.15 Å². The predicted octanol–water partition coefficient (Wildman–Crippen LogP) is 3.31. The molecule has 0 radical (unpaired) electrons. The minimum Gasteiger partial charge on any atom is -0.411 e.